The van der Waals surface area contributed by atoms with Gasteiger partial charge in [0, 0.05) is 5.69 Å². The molecule has 1 fully saturated rings. The maximum absolute atomic E-state index is 12.2. The monoisotopic (exact) mass is 275 g/mol. The van der Waals surface area contributed by atoms with Crippen LogP contribution < -0.4 is 5.73 Å². The van der Waals surface area contributed by atoms with Crippen LogP contribution in [0.4, 0.5) is 5.69 Å². The molecule has 1 saturated heterocycles. The molecule has 0 amide bonds. The van der Waals surface area contributed by atoms with Gasteiger partial charge in [-0.25, -0.2) is 16.8 Å². The second kappa shape index (κ2) is 3.99. The van der Waals surface area contributed by atoms with Crippen molar-refractivity contribution < 1.29 is 16.8 Å². The molecule has 7 heteroatoms. The highest BCUT2D eigenvalue weighted by Gasteiger charge is 2.37. The van der Waals surface area contributed by atoms with Crippen LogP contribution in [0.25, 0.3) is 0 Å². The molecular formula is C10H13NO4S2. The third-order valence-electron chi connectivity index (χ3n) is 2.82. The molecule has 1 heterocycles. The molecule has 5 nitrogen and oxygen atoms in total. The molecule has 94 valence electrons. The van der Waals surface area contributed by atoms with E-state index < -0.39 is 24.9 Å². The molecule has 1 atom stereocenters. The highest BCUT2D eigenvalue weighted by Crippen LogP contribution is 2.26. The molecule has 17 heavy (non-hydrogen) atoms. The number of nitrogen functional groups attached to an aromatic ring is 1. The van der Waals surface area contributed by atoms with Gasteiger partial charge in [-0.15, -0.1) is 0 Å². The smallest absolute Gasteiger partial charge is 0.182 e. The molecule has 0 saturated carbocycles. The average molecular weight is 275 g/mol. The summed E-state index contributed by atoms with van der Waals surface area (Å²) >= 11 is 0. The van der Waals surface area contributed by atoms with Gasteiger partial charge in [-0.3, -0.25) is 0 Å². The fourth-order valence-electron chi connectivity index (χ4n) is 1.89. The van der Waals surface area contributed by atoms with Crippen molar-refractivity contribution >= 4 is 25.4 Å². The minimum atomic E-state index is -3.59. The third-order valence-corrected chi connectivity index (χ3v) is 6.99. The Hall–Kier alpha value is -1.08. The van der Waals surface area contributed by atoms with Crippen molar-refractivity contribution in [2.24, 2.45) is 0 Å². The molecule has 0 spiro atoms. The normalized spacial score (nSPS) is 23.6. The van der Waals surface area contributed by atoms with Crippen molar-refractivity contribution in [3.05, 3.63) is 24.3 Å². The lowest BCUT2D eigenvalue weighted by Crippen LogP contribution is -2.22. The number of benzene rings is 1. The summed E-state index contributed by atoms with van der Waals surface area (Å²) in [5, 5.41) is -0.839. The van der Waals surface area contributed by atoms with Gasteiger partial charge in [-0.2, -0.15) is 0 Å². The second-order valence-corrected chi connectivity index (χ2v) is 8.60. The summed E-state index contributed by atoms with van der Waals surface area (Å²) in [5.74, 6) is -0.344. The van der Waals surface area contributed by atoms with Gasteiger partial charge < -0.3 is 5.73 Å². The average Bonchev–Trinajstić information content (AvgIpc) is 2.59. The van der Waals surface area contributed by atoms with Crippen molar-refractivity contribution in [1.82, 2.24) is 0 Å². The molecule has 2 rings (SSSR count). The number of nitrogens with two attached hydrogens (primary N) is 1. The first kappa shape index (κ1) is 12.4. The van der Waals surface area contributed by atoms with E-state index in [-0.39, 0.29) is 22.8 Å². The zero-order valence-electron chi connectivity index (χ0n) is 9.03. The van der Waals surface area contributed by atoms with Crippen molar-refractivity contribution in [3.8, 4) is 0 Å². The minimum Gasteiger partial charge on any atom is -0.399 e. The molecule has 1 aliphatic rings. The summed E-state index contributed by atoms with van der Waals surface area (Å²) in [4.78, 5) is 0.0969. The molecule has 1 aromatic carbocycles. The van der Waals surface area contributed by atoms with Gasteiger partial charge in [0.1, 0.15) is 0 Å². The van der Waals surface area contributed by atoms with E-state index in [0.29, 0.717) is 5.69 Å². The molecule has 0 radical (unpaired) electrons. The van der Waals surface area contributed by atoms with Crippen molar-refractivity contribution in [3.63, 3.8) is 0 Å². The zero-order valence-corrected chi connectivity index (χ0v) is 10.7. The van der Waals surface area contributed by atoms with Crippen molar-refractivity contribution in [2.45, 2.75) is 16.6 Å². The summed E-state index contributed by atoms with van der Waals surface area (Å²) in [5.41, 5.74) is 5.88. The number of rotatable bonds is 2. The fraction of sp³-hybridized carbons (Fsp3) is 0.400. The number of hydrogen-bond acceptors (Lipinski definition) is 5. The summed E-state index contributed by atoms with van der Waals surface area (Å²) in [6.45, 7) is 0. The Kier molecular flexibility index (Phi) is 2.90. The molecule has 1 aromatic rings. The number of hydrogen-bond donors (Lipinski definition) is 1. The first-order valence-electron chi connectivity index (χ1n) is 5.11. The van der Waals surface area contributed by atoms with Gasteiger partial charge in [-0.05, 0) is 24.6 Å². The van der Waals surface area contributed by atoms with E-state index in [2.05, 4.69) is 0 Å². The SMILES string of the molecule is Nc1cccc(S(=O)(=O)C2CCS(=O)(=O)C2)c1. The summed E-state index contributed by atoms with van der Waals surface area (Å²) in [7, 11) is -6.80. The van der Waals surface area contributed by atoms with E-state index in [0.717, 1.165) is 0 Å². The Morgan fingerprint density at radius 2 is 2.00 bits per heavy atom. The van der Waals surface area contributed by atoms with Crippen LogP contribution in [-0.4, -0.2) is 33.6 Å². The maximum atomic E-state index is 12.2. The van der Waals surface area contributed by atoms with Crippen LogP contribution in [-0.2, 0) is 19.7 Å². The van der Waals surface area contributed by atoms with Crippen molar-refractivity contribution in [2.75, 3.05) is 17.2 Å². The van der Waals surface area contributed by atoms with Gasteiger partial charge >= 0.3 is 0 Å². The molecule has 1 unspecified atom stereocenters. The van der Waals surface area contributed by atoms with Crippen LogP contribution >= 0.6 is 0 Å². The van der Waals surface area contributed by atoms with E-state index in [9.17, 15) is 16.8 Å². The number of anilines is 1. The lowest BCUT2D eigenvalue weighted by atomic mass is 10.3. The largest absolute Gasteiger partial charge is 0.399 e. The molecule has 0 aromatic heterocycles. The summed E-state index contributed by atoms with van der Waals surface area (Å²) in [6, 6.07) is 5.94. The Morgan fingerprint density at radius 3 is 2.53 bits per heavy atom. The van der Waals surface area contributed by atoms with E-state index in [1.54, 1.807) is 12.1 Å². The van der Waals surface area contributed by atoms with Gasteiger partial charge in [0.25, 0.3) is 0 Å². The first-order chi connectivity index (χ1) is 7.81. The topological polar surface area (TPSA) is 94.3 Å². The van der Waals surface area contributed by atoms with Crippen LogP contribution in [0.3, 0.4) is 0 Å². The van der Waals surface area contributed by atoms with Crippen LogP contribution in [0.5, 0.6) is 0 Å². The number of sulfone groups is 2. The van der Waals surface area contributed by atoms with Gasteiger partial charge in [0.2, 0.25) is 0 Å². The highest BCUT2D eigenvalue weighted by molar-refractivity contribution is 7.96. The van der Waals surface area contributed by atoms with Crippen molar-refractivity contribution in [1.29, 1.82) is 0 Å². The molecule has 0 aliphatic carbocycles. The Labute approximate surface area is 100 Å². The third kappa shape index (κ3) is 2.44. The van der Waals surface area contributed by atoms with Crippen LogP contribution in [0, 0.1) is 0 Å². The summed E-state index contributed by atoms with van der Waals surface area (Å²) in [6.07, 6.45) is 0.166. The predicted octanol–water partition coefficient (Wildman–Crippen LogP) is 0.230. The van der Waals surface area contributed by atoms with Gasteiger partial charge in [0.05, 0.1) is 21.7 Å². The quantitative estimate of drug-likeness (QED) is 0.780. The minimum absolute atomic E-state index is 0.0563. The van der Waals surface area contributed by atoms with Gasteiger partial charge in [-0.1, -0.05) is 6.07 Å². The first-order valence-corrected chi connectivity index (χ1v) is 8.48. The predicted molar refractivity (Wildman–Crippen MR) is 65.1 cm³/mol. The molecule has 1 aliphatic heterocycles. The van der Waals surface area contributed by atoms with E-state index >= 15 is 0 Å². The fourth-order valence-corrected chi connectivity index (χ4v) is 6.30. The Morgan fingerprint density at radius 1 is 1.29 bits per heavy atom. The zero-order chi connectivity index (χ0) is 12.7. The second-order valence-electron chi connectivity index (χ2n) is 4.14. The molecule has 2 N–H and O–H groups in total. The summed E-state index contributed by atoms with van der Waals surface area (Å²) < 4.78 is 46.9. The van der Waals surface area contributed by atoms with Crippen LogP contribution in [0.2, 0.25) is 0 Å². The van der Waals surface area contributed by atoms with E-state index in [1.165, 1.54) is 12.1 Å². The van der Waals surface area contributed by atoms with Gasteiger partial charge in [0.15, 0.2) is 19.7 Å². The lowest BCUT2D eigenvalue weighted by molar-refractivity contribution is 0.582. The standard InChI is InChI=1S/C10H13NO4S2/c11-8-2-1-3-9(6-8)17(14,15)10-4-5-16(12,13)7-10/h1-3,6,10H,4-5,7,11H2. The Bertz CT molecular complexity index is 634. The molecule has 0 bridgehead atoms. The van der Waals surface area contributed by atoms with Crippen LogP contribution in [0.15, 0.2) is 29.2 Å². The Balaban J connectivity index is 2.38. The van der Waals surface area contributed by atoms with E-state index in [1.807, 2.05) is 0 Å². The van der Waals surface area contributed by atoms with Crippen LogP contribution in [0.1, 0.15) is 6.42 Å². The molecular weight excluding hydrogens is 262 g/mol. The highest BCUT2D eigenvalue weighted by atomic mass is 32.2. The maximum Gasteiger partial charge on any atom is 0.182 e. The van der Waals surface area contributed by atoms with E-state index in [4.69, 9.17) is 5.73 Å². The lowest BCUT2D eigenvalue weighted by Gasteiger charge is -2.10.